The zero-order chi connectivity index (χ0) is 14.1. The van der Waals surface area contributed by atoms with Crippen LogP contribution in [0.1, 0.15) is 19.3 Å². The lowest BCUT2D eigenvalue weighted by atomic mass is 9.83. The van der Waals surface area contributed by atoms with Gasteiger partial charge in [0.05, 0.1) is 4.75 Å². The van der Waals surface area contributed by atoms with Crippen molar-refractivity contribution in [1.82, 2.24) is 0 Å². The summed E-state index contributed by atoms with van der Waals surface area (Å²) in [5, 5.41) is 2.66. The van der Waals surface area contributed by atoms with Crippen molar-refractivity contribution in [1.29, 1.82) is 0 Å². The number of benzene rings is 1. The minimum absolute atomic E-state index is 0.153. The Labute approximate surface area is 116 Å². The Morgan fingerprint density at radius 3 is 2.58 bits per heavy atom. The number of hydrogen-bond donors (Lipinski definition) is 1. The monoisotopic (exact) mass is 303 g/mol. The molecule has 4 nitrogen and oxygen atoms in total. The average molecular weight is 303 g/mol. The predicted octanol–water partition coefficient (Wildman–Crippen LogP) is 2.57. The van der Waals surface area contributed by atoms with Gasteiger partial charge in [0.25, 0.3) is 0 Å². The van der Waals surface area contributed by atoms with Gasteiger partial charge in [-0.15, -0.1) is 15.6 Å². The van der Waals surface area contributed by atoms with Gasteiger partial charge >= 0.3 is 10.2 Å². The van der Waals surface area contributed by atoms with E-state index in [1.54, 1.807) is 6.07 Å². The molecule has 0 bridgehead atoms. The Hall–Kier alpha value is -1.08. The molecule has 0 aromatic heterocycles. The number of rotatable bonds is 4. The van der Waals surface area contributed by atoms with E-state index in [9.17, 15) is 17.1 Å². The first kappa shape index (κ1) is 14.3. The normalized spacial score (nSPS) is 17.6. The van der Waals surface area contributed by atoms with Crippen molar-refractivity contribution in [3.8, 4) is 0 Å². The molecule has 0 heterocycles. The summed E-state index contributed by atoms with van der Waals surface area (Å²) >= 11 is 1.49. The Kier molecular flexibility index (Phi) is 3.87. The van der Waals surface area contributed by atoms with E-state index in [0.29, 0.717) is 5.69 Å². The fraction of sp³-hybridized carbons (Fsp3) is 0.417. The van der Waals surface area contributed by atoms with Gasteiger partial charge in [0, 0.05) is 5.69 Å². The second-order valence-corrected chi connectivity index (χ2v) is 7.01. The molecule has 7 heteroatoms. The van der Waals surface area contributed by atoms with E-state index in [1.165, 1.54) is 17.8 Å². The van der Waals surface area contributed by atoms with Gasteiger partial charge in [-0.2, -0.15) is 8.42 Å². The number of thioether (sulfide) groups is 1. The minimum Gasteiger partial charge on any atom is -0.325 e. The smallest absolute Gasteiger partial charge is 0.325 e. The van der Waals surface area contributed by atoms with Crippen molar-refractivity contribution < 1.29 is 17.1 Å². The molecule has 1 saturated carbocycles. The van der Waals surface area contributed by atoms with Gasteiger partial charge in [-0.3, -0.25) is 4.79 Å². The first-order chi connectivity index (χ1) is 8.87. The fourth-order valence-electron chi connectivity index (χ4n) is 1.99. The SMILES string of the molecule is CSC1(C(=O)Nc2cccc(S(=O)(=O)F)c2)CCC1. The molecular formula is C12H14FNO3S2. The highest BCUT2D eigenvalue weighted by Gasteiger charge is 2.43. The highest BCUT2D eigenvalue weighted by atomic mass is 32.3. The van der Waals surface area contributed by atoms with Crippen molar-refractivity contribution in [2.24, 2.45) is 0 Å². The summed E-state index contributed by atoms with van der Waals surface area (Å²) in [4.78, 5) is 11.7. The zero-order valence-corrected chi connectivity index (χ0v) is 12.0. The quantitative estimate of drug-likeness (QED) is 0.868. The fourth-order valence-corrected chi connectivity index (χ4v) is 3.43. The zero-order valence-electron chi connectivity index (χ0n) is 10.3. The van der Waals surface area contributed by atoms with Crippen molar-refractivity contribution >= 4 is 33.6 Å². The third-order valence-corrected chi connectivity index (χ3v) is 5.53. The lowest BCUT2D eigenvalue weighted by Gasteiger charge is -2.38. The molecular weight excluding hydrogens is 289 g/mol. The maximum atomic E-state index is 12.9. The summed E-state index contributed by atoms with van der Waals surface area (Å²) in [5.41, 5.74) is 0.295. The molecule has 1 amide bonds. The Bertz CT molecular complexity index is 591. The van der Waals surface area contributed by atoms with Crippen LogP contribution in [-0.4, -0.2) is 25.3 Å². The summed E-state index contributed by atoms with van der Waals surface area (Å²) in [7, 11) is -4.75. The molecule has 0 spiro atoms. The van der Waals surface area contributed by atoms with E-state index in [-0.39, 0.29) is 5.91 Å². The molecule has 19 heavy (non-hydrogen) atoms. The van der Waals surface area contributed by atoms with Crippen LogP contribution in [0.15, 0.2) is 29.2 Å². The van der Waals surface area contributed by atoms with Crippen LogP contribution in [0.4, 0.5) is 9.57 Å². The van der Waals surface area contributed by atoms with Gasteiger partial charge in [0.1, 0.15) is 4.90 Å². The number of amides is 1. The van der Waals surface area contributed by atoms with E-state index in [1.807, 2.05) is 6.26 Å². The van der Waals surface area contributed by atoms with Crippen LogP contribution in [0.3, 0.4) is 0 Å². The number of nitrogens with one attached hydrogen (secondary N) is 1. The third kappa shape index (κ3) is 2.92. The molecule has 104 valence electrons. The molecule has 1 fully saturated rings. The van der Waals surface area contributed by atoms with Crippen molar-refractivity contribution in [3.63, 3.8) is 0 Å². The van der Waals surface area contributed by atoms with Crippen molar-refractivity contribution in [2.45, 2.75) is 28.9 Å². The number of hydrogen-bond acceptors (Lipinski definition) is 4. The molecule has 1 aliphatic carbocycles. The molecule has 2 rings (SSSR count). The van der Waals surface area contributed by atoms with Crippen LogP contribution < -0.4 is 5.32 Å². The third-order valence-electron chi connectivity index (χ3n) is 3.34. The number of anilines is 1. The molecule has 0 saturated heterocycles. The van der Waals surface area contributed by atoms with Gasteiger partial charge in [0.15, 0.2) is 0 Å². The maximum absolute atomic E-state index is 12.9. The largest absolute Gasteiger partial charge is 0.332 e. The number of carbonyl (C=O) groups excluding carboxylic acids is 1. The van der Waals surface area contributed by atoms with Gasteiger partial charge in [-0.05, 0) is 43.7 Å². The first-order valence-corrected chi connectivity index (χ1v) is 8.39. The molecule has 1 aliphatic rings. The molecule has 0 radical (unpaired) electrons. The molecule has 1 aromatic rings. The average Bonchev–Trinajstić information content (AvgIpc) is 2.27. The predicted molar refractivity (Wildman–Crippen MR) is 73.5 cm³/mol. The molecule has 1 aromatic carbocycles. The lowest BCUT2D eigenvalue weighted by Crippen LogP contribution is -2.45. The molecule has 0 aliphatic heterocycles. The van der Waals surface area contributed by atoms with Gasteiger partial charge in [-0.25, -0.2) is 0 Å². The van der Waals surface area contributed by atoms with Gasteiger partial charge in [-0.1, -0.05) is 6.07 Å². The van der Waals surface area contributed by atoms with E-state index in [4.69, 9.17) is 0 Å². The van der Waals surface area contributed by atoms with Crippen LogP contribution in [0.5, 0.6) is 0 Å². The van der Waals surface area contributed by atoms with Gasteiger partial charge < -0.3 is 5.32 Å². The molecule has 0 atom stereocenters. The Morgan fingerprint density at radius 1 is 1.42 bits per heavy atom. The summed E-state index contributed by atoms with van der Waals surface area (Å²) in [6.45, 7) is 0. The first-order valence-electron chi connectivity index (χ1n) is 5.79. The van der Waals surface area contributed by atoms with Crippen LogP contribution in [0.2, 0.25) is 0 Å². The van der Waals surface area contributed by atoms with Crippen LogP contribution in [-0.2, 0) is 15.0 Å². The van der Waals surface area contributed by atoms with Crippen LogP contribution in [0.25, 0.3) is 0 Å². The highest BCUT2D eigenvalue weighted by Crippen LogP contribution is 2.43. The molecule has 1 N–H and O–H groups in total. The van der Waals surface area contributed by atoms with E-state index >= 15 is 0 Å². The van der Waals surface area contributed by atoms with E-state index < -0.39 is 19.9 Å². The second-order valence-electron chi connectivity index (χ2n) is 4.47. The summed E-state index contributed by atoms with van der Waals surface area (Å²) in [5.74, 6) is -0.153. The summed E-state index contributed by atoms with van der Waals surface area (Å²) in [6, 6.07) is 5.21. The summed E-state index contributed by atoms with van der Waals surface area (Å²) in [6.07, 6.45) is 4.50. The Balaban J connectivity index is 2.18. The van der Waals surface area contributed by atoms with Crippen LogP contribution >= 0.6 is 11.8 Å². The lowest BCUT2D eigenvalue weighted by molar-refractivity contribution is -0.120. The maximum Gasteiger partial charge on any atom is 0.332 e. The number of carbonyl (C=O) groups is 1. The van der Waals surface area contributed by atoms with Crippen molar-refractivity contribution in [3.05, 3.63) is 24.3 Å². The second kappa shape index (κ2) is 5.13. The minimum atomic E-state index is -4.75. The van der Waals surface area contributed by atoms with Crippen molar-refractivity contribution in [2.75, 3.05) is 11.6 Å². The van der Waals surface area contributed by atoms with E-state index in [2.05, 4.69) is 5.32 Å². The summed E-state index contributed by atoms with van der Waals surface area (Å²) < 4.78 is 34.1. The van der Waals surface area contributed by atoms with Gasteiger partial charge in [0.2, 0.25) is 5.91 Å². The standard InChI is InChI=1S/C12H14FNO3S2/c1-18-12(6-3-7-12)11(15)14-9-4-2-5-10(8-9)19(13,16)17/h2,4-5,8H,3,6-7H2,1H3,(H,14,15). The van der Waals surface area contributed by atoms with E-state index in [0.717, 1.165) is 31.4 Å². The number of halogens is 1. The highest BCUT2D eigenvalue weighted by molar-refractivity contribution is 8.00. The van der Waals surface area contributed by atoms with Crippen LogP contribution in [0, 0.1) is 0 Å². The Morgan fingerprint density at radius 2 is 2.11 bits per heavy atom. The topological polar surface area (TPSA) is 63.2 Å². The molecule has 0 unspecified atom stereocenters.